The maximum atomic E-state index is 12.1. The summed E-state index contributed by atoms with van der Waals surface area (Å²) in [6, 6.07) is 15.4. The zero-order chi connectivity index (χ0) is 15.1. The van der Waals surface area contributed by atoms with Crippen LogP contribution in [0.1, 0.15) is 35.7 Å². The van der Waals surface area contributed by atoms with E-state index in [1.807, 2.05) is 30.3 Å². The Kier molecular flexibility index (Phi) is 6.00. The van der Waals surface area contributed by atoms with E-state index in [-0.39, 0.29) is 12.4 Å². The quantitative estimate of drug-likeness (QED) is 0.655. The number of aryl methyl sites for hydroxylation is 1. The second kappa shape index (κ2) is 7.99. The first-order chi connectivity index (χ1) is 10.2. The van der Waals surface area contributed by atoms with Crippen LogP contribution in [0, 0.1) is 0 Å². The molecule has 0 atom stereocenters. The number of hydrogen-bond acceptors (Lipinski definition) is 2. The van der Waals surface area contributed by atoms with Crippen molar-refractivity contribution < 1.29 is 9.53 Å². The second-order valence-corrected chi connectivity index (χ2v) is 5.79. The third-order valence-corrected chi connectivity index (χ3v) is 3.98. The van der Waals surface area contributed by atoms with Crippen molar-refractivity contribution in [3.05, 3.63) is 64.1 Å². The molecule has 0 spiro atoms. The van der Waals surface area contributed by atoms with Crippen molar-refractivity contribution in [2.75, 3.05) is 6.61 Å². The Morgan fingerprint density at radius 3 is 2.48 bits per heavy atom. The highest BCUT2D eigenvalue weighted by Gasteiger charge is 2.10. The molecule has 0 aliphatic carbocycles. The predicted octanol–water partition coefficient (Wildman–Crippen LogP) is 5.05. The Balaban J connectivity index is 1.91. The second-order valence-electron chi connectivity index (χ2n) is 4.94. The maximum Gasteiger partial charge on any atom is 0.201 e. The van der Waals surface area contributed by atoms with Crippen LogP contribution in [0.25, 0.3) is 0 Å². The minimum atomic E-state index is -0.0301. The molecule has 21 heavy (non-hydrogen) atoms. The van der Waals surface area contributed by atoms with Gasteiger partial charge in [-0.05, 0) is 36.6 Å². The van der Waals surface area contributed by atoms with Gasteiger partial charge in [0.2, 0.25) is 5.78 Å². The molecule has 0 amide bonds. The van der Waals surface area contributed by atoms with Gasteiger partial charge in [0.15, 0.2) is 6.61 Å². The Morgan fingerprint density at radius 1 is 1.10 bits per heavy atom. The van der Waals surface area contributed by atoms with Gasteiger partial charge in [0.1, 0.15) is 5.75 Å². The fourth-order valence-corrected chi connectivity index (χ4v) is 2.55. The Bertz CT molecular complexity index is 590. The lowest BCUT2D eigenvalue weighted by Crippen LogP contribution is -2.12. The summed E-state index contributed by atoms with van der Waals surface area (Å²) >= 11 is 3.38. The zero-order valence-corrected chi connectivity index (χ0v) is 13.7. The van der Waals surface area contributed by atoms with Gasteiger partial charge >= 0.3 is 0 Å². The van der Waals surface area contributed by atoms with Gasteiger partial charge in [-0.3, -0.25) is 4.79 Å². The van der Waals surface area contributed by atoms with Gasteiger partial charge in [0, 0.05) is 10.0 Å². The highest BCUT2D eigenvalue weighted by atomic mass is 79.9. The summed E-state index contributed by atoms with van der Waals surface area (Å²) in [7, 11) is 0. The number of hydrogen-bond donors (Lipinski definition) is 0. The van der Waals surface area contributed by atoms with E-state index in [0.717, 1.165) is 16.6 Å². The number of halogens is 1. The Hall–Kier alpha value is -1.61. The summed E-state index contributed by atoms with van der Waals surface area (Å²) in [6.45, 7) is 2.24. The molecular formula is C18H19BrO2. The third kappa shape index (κ3) is 4.71. The van der Waals surface area contributed by atoms with Gasteiger partial charge in [0.05, 0.1) is 0 Å². The van der Waals surface area contributed by atoms with E-state index in [0.29, 0.717) is 5.56 Å². The molecule has 0 aromatic heterocycles. The maximum absolute atomic E-state index is 12.1. The fourth-order valence-electron chi connectivity index (χ4n) is 2.05. The number of carbonyl (C=O) groups is 1. The van der Waals surface area contributed by atoms with Crippen LogP contribution < -0.4 is 4.74 Å². The lowest BCUT2D eigenvalue weighted by molar-refractivity contribution is 0.0921. The van der Waals surface area contributed by atoms with Gasteiger partial charge in [-0.15, -0.1) is 0 Å². The van der Waals surface area contributed by atoms with Crippen LogP contribution >= 0.6 is 15.9 Å². The molecular weight excluding hydrogens is 328 g/mol. The fraction of sp³-hybridized carbons (Fsp3) is 0.278. The van der Waals surface area contributed by atoms with Gasteiger partial charge in [0.25, 0.3) is 0 Å². The predicted molar refractivity (Wildman–Crippen MR) is 89.0 cm³/mol. The largest absolute Gasteiger partial charge is 0.485 e. The van der Waals surface area contributed by atoms with Crippen LogP contribution in [0.3, 0.4) is 0 Å². The topological polar surface area (TPSA) is 26.3 Å². The van der Waals surface area contributed by atoms with E-state index in [1.54, 1.807) is 6.07 Å². The number of benzene rings is 2. The lowest BCUT2D eigenvalue weighted by atomic mass is 10.1. The summed E-state index contributed by atoms with van der Waals surface area (Å²) in [5.41, 5.74) is 1.96. The molecule has 110 valence electrons. The number of rotatable bonds is 7. The molecule has 0 aliphatic heterocycles. The summed E-state index contributed by atoms with van der Waals surface area (Å²) in [5, 5.41) is 0. The molecule has 0 N–H and O–H groups in total. The van der Waals surface area contributed by atoms with Gasteiger partial charge in [-0.25, -0.2) is 0 Å². The minimum absolute atomic E-state index is 0.0301. The molecule has 2 aromatic carbocycles. The van der Waals surface area contributed by atoms with Gasteiger partial charge < -0.3 is 4.74 Å². The van der Waals surface area contributed by atoms with E-state index < -0.39 is 0 Å². The van der Waals surface area contributed by atoms with Crippen molar-refractivity contribution in [2.24, 2.45) is 0 Å². The molecule has 0 unspecified atom stereocenters. The molecule has 2 rings (SSSR count). The average Bonchev–Trinajstić information content (AvgIpc) is 2.52. The lowest BCUT2D eigenvalue weighted by Gasteiger charge is -2.07. The monoisotopic (exact) mass is 346 g/mol. The molecule has 0 heterocycles. The van der Waals surface area contributed by atoms with Crippen LogP contribution in [-0.4, -0.2) is 12.4 Å². The highest BCUT2D eigenvalue weighted by Crippen LogP contribution is 2.18. The van der Waals surface area contributed by atoms with Gasteiger partial charge in [-0.1, -0.05) is 59.6 Å². The van der Waals surface area contributed by atoms with E-state index in [1.165, 1.54) is 18.4 Å². The van der Waals surface area contributed by atoms with Crippen LogP contribution in [0.5, 0.6) is 5.75 Å². The smallest absolute Gasteiger partial charge is 0.201 e. The van der Waals surface area contributed by atoms with Crippen molar-refractivity contribution in [2.45, 2.75) is 26.2 Å². The summed E-state index contributed by atoms with van der Waals surface area (Å²) in [6.07, 6.45) is 3.48. The number of Topliss-reactive ketones (excluding diaryl/α,β-unsaturated/α-hetero) is 1. The molecule has 0 saturated heterocycles. The van der Waals surface area contributed by atoms with Crippen LogP contribution in [0.2, 0.25) is 0 Å². The first-order valence-electron chi connectivity index (χ1n) is 7.20. The molecule has 0 fully saturated rings. The summed E-state index contributed by atoms with van der Waals surface area (Å²) in [4.78, 5) is 12.1. The van der Waals surface area contributed by atoms with E-state index in [9.17, 15) is 4.79 Å². The molecule has 0 bridgehead atoms. The minimum Gasteiger partial charge on any atom is -0.485 e. The highest BCUT2D eigenvalue weighted by molar-refractivity contribution is 9.10. The average molecular weight is 347 g/mol. The Morgan fingerprint density at radius 2 is 1.81 bits per heavy atom. The number of unbranched alkanes of at least 4 members (excludes halogenated alkanes) is 1. The summed E-state index contributed by atoms with van der Waals surface area (Å²) < 4.78 is 6.37. The van der Waals surface area contributed by atoms with E-state index in [4.69, 9.17) is 4.74 Å². The number of ketones is 1. The van der Waals surface area contributed by atoms with Crippen molar-refractivity contribution in [3.8, 4) is 5.75 Å². The van der Waals surface area contributed by atoms with Gasteiger partial charge in [-0.2, -0.15) is 0 Å². The van der Waals surface area contributed by atoms with Crippen molar-refractivity contribution in [3.63, 3.8) is 0 Å². The van der Waals surface area contributed by atoms with Crippen LogP contribution in [-0.2, 0) is 6.42 Å². The first-order valence-corrected chi connectivity index (χ1v) is 7.99. The van der Waals surface area contributed by atoms with Crippen LogP contribution in [0.15, 0.2) is 53.0 Å². The molecule has 2 aromatic rings. The standard InChI is InChI=1S/C18H19BrO2/c1-2-3-6-14-9-11-15(12-10-14)21-13-18(20)16-7-4-5-8-17(16)19/h4-5,7-12H,2-3,6,13H2,1H3. The third-order valence-electron chi connectivity index (χ3n) is 3.29. The summed E-state index contributed by atoms with van der Waals surface area (Å²) in [5.74, 6) is 0.702. The van der Waals surface area contributed by atoms with E-state index >= 15 is 0 Å². The SMILES string of the molecule is CCCCc1ccc(OCC(=O)c2ccccc2Br)cc1. The van der Waals surface area contributed by atoms with E-state index in [2.05, 4.69) is 35.0 Å². The molecule has 3 heteroatoms. The van der Waals surface area contributed by atoms with Crippen molar-refractivity contribution in [1.82, 2.24) is 0 Å². The Labute approximate surface area is 134 Å². The molecule has 0 aliphatic rings. The number of ether oxygens (including phenoxy) is 1. The van der Waals surface area contributed by atoms with Crippen molar-refractivity contribution in [1.29, 1.82) is 0 Å². The first kappa shape index (κ1) is 15.8. The van der Waals surface area contributed by atoms with Crippen molar-refractivity contribution >= 4 is 21.7 Å². The number of carbonyl (C=O) groups excluding carboxylic acids is 1. The molecule has 0 radical (unpaired) electrons. The normalized spacial score (nSPS) is 10.4. The molecule has 2 nitrogen and oxygen atoms in total. The van der Waals surface area contributed by atoms with Crippen LogP contribution in [0.4, 0.5) is 0 Å². The zero-order valence-electron chi connectivity index (χ0n) is 12.1. The molecule has 0 saturated carbocycles.